The Kier molecular flexibility index (Phi) is 6.84. The zero-order valence-corrected chi connectivity index (χ0v) is 26.3. The molecule has 1 aliphatic heterocycles. The lowest BCUT2D eigenvalue weighted by atomic mass is 9.89. The average molecular weight is 614 g/mol. The molecule has 0 amide bonds. The molecular weight excluding hydrogens is 583 g/mol. The number of nitrogens with zero attached hydrogens (tertiary/aromatic N) is 1. The lowest BCUT2D eigenvalue weighted by Gasteiger charge is -2.31. The second-order valence-corrected chi connectivity index (χ2v) is 12.1. The molecule has 2 heteroatoms. The van der Waals surface area contributed by atoms with Gasteiger partial charge in [0.05, 0.1) is 5.69 Å². The zero-order chi connectivity index (χ0) is 31.9. The fourth-order valence-electron chi connectivity index (χ4n) is 7.01. The number of ether oxygens (including phenoxy) is 1. The number of anilines is 3. The minimum atomic E-state index is 0.853. The molecule has 0 N–H and O–H groups in total. The molecule has 0 aromatic heterocycles. The molecule has 0 unspecified atom stereocenters. The van der Waals surface area contributed by atoms with E-state index in [1.165, 1.54) is 44.3 Å². The summed E-state index contributed by atoms with van der Waals surface area (Å²) in [5, 5.41) is 2.32. The van der Waals surface area contributed by atoms with Crippen molar-refractivity contribution in [2.45, 2.75) is 0 Å². The monoisotopic (exact) mass is 613 g/mol. The van der Waals surface area contributed by atoms with Crippen molar-refractivity contribution < 1.29 is 4.74 Å². The van der Waals surface area contributed by atoms with Crippen molar-refractivity contribution in [3.8, 4) is 56.0 Å². The molecule has 48 heavy (non-hydrogen) atoms. The van der Waals surface area contributed by atoms with Gasteiger partial charge in [-0.15, -0.1) is 0 Å². The van der Waals surface area contributed by atoms with Crippen LogP contribution in [0.5, 0.6) is 11.5 Å². The smallest absolute Gasteiger partial charge is 0.137 e. The van der Waals surface area contributed by atoms with Gasteiger partial charge in [0, 0.05) is 22.3 Å². The van der Waals surface area contributed by atoms with Gasteiger partial charge >= 0.3 is 0 Å². The maximum absolute atomic E-state index is 6.73. The highest BCUT2D eigenvalue weighted by Crippen LogP contribution is 2.53. The van der Waals surface area contributed by atoms with Gasteiger partial charge < -0.3 is 9.64 Å². The number of hydrogen-bond acceptors (Lipinski definition) is 2. The third-order valence-corrected chi connectivity index (χ3v) is 9.29. The molecule has 2 nitrogen and oxygen atoms in total. The van der Waals surface area contributed by atoms with E-state index in [1.54, 1.807) is 0 Å². The van der Waals surface area contributed by atoms with Crippen molar-refractivity contribution >= 4 is 27.8 Å². The Bertz CT molecular complexity index is 2300. The first-order chi connectivity index (χ1) is 23.8. The summed E-state index contributed by atoms with van der Waals surface area (Å²) in [5.41, 5.74) is 12.6. The van der Waals surface area contributed by atoms with Crippen LogP contribution in [-0.4, -0.2) is 0 Å². The van der Waals surface area contributed by atoms with Gasteiger partial charge in [-0.1, -0.05) is 146 Å². The Labute approximate surface area is 280 Å². The molecule has 1 heterocycles. The first kappa shape index (κ1) is 27.9. The second kappa shape index (κ2) is 11.8. The molecule has 226 valence electrons. The SMILES string of the molecule is c1ccc(-c2ccc(N(c3ccc(-c4ccccc4)cc3)c3cccc4c3-c3ccc(-c5ccccc5)c5cccc(c35)O4)cc2)cc1. The molecular formula is C46H31NO. The predicted octanol–water partition coefficient (Wildman–Crippen LogP) is 13.1. The molecule has 1 aliphatic rings. The summed E-state index contributed by atoms with van der Waals surface area (Å²) >= 11 is 0. The molecule has 0 atom stereocenters. The average Bonchev–Trinajstić information content (AvgIpc) is 3.17. The van der Waals surface area contributed by atoms with E-state index in [0.29, 0.717) is 0 Å². The Morgan fingerprint density at radius 1 is 0.333 bits per heavy atom. The van der Waals surface area contributed by atoms with E-state index >= 15 is 0 Å². The van der Waals surface area contributed by atoms with Crippen molar-refractivity contribution in [1.29, 1.82) is 0 Å². The minimum absolute atomic E-state index is 0.853. The molecule has 0 radical (unpaired) electrons. The molecule has 0 saturated heterocycles. The van der Waals surface area contributed by atoms with Crippen LogP contribution in [0.1, 0.15) is 0 Å². The maximum Gasteiger partial charge on any atom is 0.137 e. The molecule has 0 aliphatic carbocycles. The first-order valence-corrected chi connectivity index (χ1v) is 16.4. The molecule has 0 saturated carbocycles. The molecule has 0 spiro atoms. The third-order valence-electron chi connectivity index (χ3n) is 9.29. The summed E-state index contributed by atoms with van der Waals surface area (Å²) in [6.07, 6.45) is 0. The van der Waals surface area contributed by atoms with E-state index in [-0.39, 0.29) is 0 Å². The van der Waals surface area contributed by atoms with Gasteiger partial charge in [0.25, 0.3) is 0 Å². The van der Waals surface area contributed by atoms with Gasteiger partial charge in [0.1, 0.15) is 11.5 Å². The fourth-order valence-corrected chi connectivity index (χ4v) is 7.01. The Morgan fingerprint density at radius 3 is 1.40 bits per heavy atom. The molecule has 8 aromatic carbocycles. The van der Waals surface area contributed by atoms with Gasteiger partial charge in [0.2, 0.25) is 0 Å². The van der Waals surface area contributed by atoms with E-state index < -0.39 is 0 Å². The highest BCUT2D eigenvalue weighted by molar-refractivity contribution is 6.12. The Balaban J connectivity index is 1.23. The molecule has 8 aromatic rings. The van der Waals surface area contributed by atoms with Crippen LogP contribution < -0.4 is 9.64 Å². The lowest BCUT2D eigenvalue weighted by molar-refractivity contribution is 0.487. The Hall–Kier alpha value is -6.38. The van der Waals surface area contributed by atoms with Crippen LogP contribution in [-0.2, 0) is 0 Å². The Morgan fingerprint density at radius 2 is 0.812 bits per heavy atom. The summed E-state index contributed by atoms with van der Waals surface area (Å²) in [4.78, 5) is 2.36. The normalized spacial score (nSPS) is 11.5. The van der Waals surface area contributed by atoms with Gasteiger partial charge in [-0.05, 0) is 86.8 Å². The summed E-state index contributed by atoms with van der Waals surface area (Å²) < 4.78 is 6.73. The summed E-state index contributed by atoms with van der Waals surface area (Å²) in [6.45, 7) is 0. The van der Waals surface area contributed by atoms with Crippen molar-refractivity contribution in [3.05, 3.63) is 188 Å². The zero-order valence-electron chi connectivity index (χ0n) is 26.3. The van der Waals surface area contributed by atoms with Crippen LogP contribution in [0.4, 0.5) is 17.1 Å². The maximum atomic E-state index is 6.73. The lowest BCUT2D eigenvalue weighted by Crippen LogP contribution is -2.12. The highest BCUT2D eigenvalue weighted by Gasteiger charge is 2.27. The van der Waals surface area contributed by atoms with E-state index in [0.717, 1.165) is 39.5 Å². The van der Waals surface area contributed by atoms with E-state index in [4.69, 9.17) is 4.74 Å². The van der Waals surface area contributed by atoms with Crippen LogP contribution in [0.25, 0.3) is 55.3 Å². The predicted molar refractivity (Wildman–Crippen MR) is 200 cm³/mol. The van der Waals surface area contributed by atoms with Gasteiger partial charge in [-0.25, -0.2) is 0 Å². The van der Waals surface area contributed by atoms with Gasteiger partial charge in [-0.2, -0.15) is 0 Å². The highest BCUT2D eigenvalue weighted by atomic mass is 16.5. The van der Waals surface area contributed by atoms with Crippen LogP contribution in [0.15, 0.2) is 188 Å². The number of hydrogen-bond donors (Lipinski definition) is 0. The van der Waals surface area contributed by atoms with Crippen LogP contribution in [0.2, 0.25) is 0 Å². The number of benzene rings is 8. The minimum Gasteiger partial charge on any atom is -0.456 e. The summed E-state index contributed by atoms with van der Waals surface area (Å²) in [6, 6.07) is 66.7. The van der Waals surface area contributed by atoms with E-state index in [1.807, 2.05) is 0 Å². The van der Waals surface area contributed by atoms with Crippen molar-refractivity contribution in [1.82, 2.24) is 0 Å². The van der Waals surface area contributed by atoms with Crippen LogP contribution in [0, 0.1) is 0 Å². The largest absolute Gasteiger partial charge is 0.456 e. The van der Waals surface area contributed by atoms with Gasteiger partial charge in [0.15, 0.2) is 0 Å². The van der Waals surface area contributed by atoms with Crippen molar-refractivity contribution in [2.24, 2.45) is 0 Å². The van der Waals surface area contributed by atoms with Gasteiger partial charge in [-0.3, -0.25) is 0 Å². The van der Waals surface area contributed by atoms with Crippen LogP contribution in [0.3, 0.4) is 0 Å². The first-order valence-electron chi connectivity index (χ1n) is 16.4. The molecule has 9 rings (SSSR count). The number of rotatable bonds is 6. The third kappa shape index (κ3) is 4.83. The summed E-state index contributed by atoms with van der Waals surface area (Å²) in [5.74, 6) is 1.74. The second-order valence-electron chi connectivity index (χ2n) is 12.1. The fraction of sp³-hybridized carbons (Fsp3) is 0. The number of fused-ring (bicyclic) bond motifs is 2. The van der Waals surface area contributed by atoms with Crippen LogP contribution >= 0.6 is 0 Å². The standard InChI is InChI=1S/C46H31NO/c1-4-12-32(13-5-1)34-22-26-37(27-23-34)47(38-28-24-35(25-29-38)33-14-6-2-7-15-33)42-19-11-21-44-46(42)41-31-30-39(36-16-8-3-9-17-36)40-18-10-20-43(48-44)45(40)41/h1-31H. The summed E-state index contributed by atoms with van der Waals surface area (Å²) in [7, 11) is 0. The molecule has 0 bridgehead atoms. The quantitative estimate of drug-likeness (QED) is 0.185. The molecule has 0 fully saturated rings. The van der Waals surface area contributed by atoms with E-state index in [2.05, 4.69) is 193 Å². The van der Waals surface area contributed by atoms with Crippen molar-refractivity contribution in [3.63, 3.8) is 0 Å². The van der Waals surface area contributed by atoms with E-state index in [9.17, 15) is 0 Å². The van der Waals surface area contributed by atoms with Crippen molar-refractivity contribution in [2.75, 3.05) is 4.90 Å². The topological polar surface area (TPSA) is 12.5 Å².